The number of hydrogen-bond donors (Lipinski definition) is 2. The molecule has 0 saturated heterocycles. The maximum atomic E-state index is 12.3. The molecule has 0 saturated carbocycles. The number of carbonyl (C=O) groups excluding carboxylic acids is 2. The minimum Gasteiger partial charge on any atom is -0.385 e. The Morgan fingerprint density at radius 1 is 1.21 bits per heavy atom. The molecule has 7 heteroatoms. The molecular formula is C17H18BrN3O3. The van der Waals surface area contributed by atoms with Crippen LogP contribution in [0.2, 0.25) is 0 Å². The highest BCUT2D eigenvalue weighted by Gasteiger charge is 2.12. The van der Waals surface area contributed by atoms with E-state index in [-0.39, 0.29) is 17.5 Å². The Hall–Kier alpha value is -2.25. The van der Waals surface area contributed by atoms with Crippen molar-refractivity contribution in [2.45, 2.75) is 6.42 Å². The van der Waals surface area contributed by atoms with Gasteiger partial charge in [-0.1, -0.05) is 22.0 Å². The standard InChI is InChI=1S/C17H18BrN3O3/c1-24-9-3-7-20-16(22)12-6-8-19-15(10-12)17(23)21-14-5-2-4-13(18)11-14/h2,4-6,8,10-11H,3,7,9H2,1H3,(H,20,22)(H,21,23). The summed E-state index contributed by atoms with van der Waals surface area (Å²) in [5.74, 6) is -0.618. The van der Waals surface area contributed by atoms with Crippen LogP contribution in [-0.2, 0) is 4.74 Å². The monoisotopic (exact) mass is 391 g/mol. The molecule has 2 N–H and O–H groups in total. The van der Waals surface area contributed by atoms with Gasteiger partial charge in [-0.15, -0.1) is 0 Å². The largest absolute Gasteiger partial charge is 0.385 e. The molecule has 2 rings (SSSR count). The first kappa shape index (κ1) is 18.1. The molecule has 1 aromatic carbocycles. The molecule has 0 spiro atoms. The minimum absolute atomic E-state index is 0.180. The number of benzene rings is 1. The fourth-order valence-electron chi connectivity index (χ4n) is 1.98. The van der Waals surface area contributed by atoms with Crippen LogP contribution in [0.25, 0.3) is 0 Å². The molecule has 126 valence electrons. The highest BCUT2D eigenvalue weighted by Crippen LogP contribution is 2.16. The van der Waals surface area contributed by atoms with Gasteiger partial charge >= 0.3 is 0 Å². The molecule has 0 aliphatic rings. The van der Waals surface area contributed by atoms with Gasteiger partial charge in [-0.05, 0) is 36.8 Å². The number of nitrogens with one attached hydrogen (secondary N) is 2. The first-order chi connectivity index (χ1) is 11.6. The third-order valence-electron chi connectivity index (χ3n) is 3.15. The van der Waals surface area contributed by atoms with E-state index in [1.54, 1.807) is 25.3 Å². The number of aromatic nitrogens is 1. The molecule has 0 aliphatic carbocycles. The van der Waals surface area contributed by atoms with Gasteiger partial charge in [-0.2, -0.15) is 0 Å². The van der Waals surface area contributed by atoms with Crippen molar-refractivity contribution in [1.82, 2.24) is 10.3 Å². The Morgan fingerprint density at radius 2 is 2.04 bits per heavy atom. The Labute approximate surface area is 148 Å². The van der Waals surface area contributed by atoms with Gasteiger partial charge in [0.05, 0.1) is 0 Å². The Kier molecular flexibility index (Phi) is 6.89. The van der Waals surface area contributed by atoms with E-state index in [4.69, 9.17) is 4.74 Å². The van der Waals surface area contributed by atoms with E-state index in [2.05, 4.69) is 31.5 Å². The van der Waals surface area contributed by atoms with Crippen molar-refractivity contribution < 1.29 is 14.3 Å². The summed E-state index contributed by atoms with van der Waals surface area (Å²) < 4.78 is 5.79. The number of nitrogens with zero attached hydrogens (tertiary/aromatic N) is 1. The molecule has 0 fully saturated rings. The second-order valence-electron chi connectivity index (χ2n) is 5.00. The summed E-state index contributed by atoms with van der Waals surface area (Å²) in [5, 5.41) is 5.52. The maximum Gasteiger partial charge on any atom is 0.274 e. The van der Waals surface area contributed by atoms with Crippen molar-refractivity contribution in [3.05, 3.63) is 58.3 Å². The van der Waals surface area contributed by atoms with E-state index < -0.39 is 0 Å². The number of carbonyl (C=O) groups is 2. The minimum atomic E-state index is -0.373. The topological polar surface area (TPSA) is 80.3 Å². The summed E-state index contributed by atoms with van der Waals surface area (Å²) in [7, 11) is 1.61. The number of ether oxygens (including phenoxy) is 1. The molecule has 0 radical (unpaired) electrons. The predicted molar refractivity (Wildman–Crippen MR) is 95.2 cm³/mol. The number of halogens is 1. The molecule has 0 aliphatic heterocycles. The molecule has 1 aromatic heterocycles. The molecule has 2 amide bonds. The molecule has 0 unspecified atom stereocenters. The van der Waals surface area contributed by atoms with Crippen LogP contribution in [-0.4, -0.2) is 37.1 Å². The first-order valence-corrected chi connectivity index (χ1v) is 8.19. The van der Waals surface area contributed by atoms with Gasteiger partial charge in [-0.3, -0.25) is 14.6 Å². The van der Waals surface area contributed by atoms with Crippen LogP contribution in [0.5, 0.6) is 0 Å². The zero-order chi connectivity index (χ0) is 17.4. The number of anilines is 1. The smallest absolute Gasteiger partial charge is 0.274 e. The van der Waals surface area contributed by atoms with Crippen molar-refractivity contribution in [3.8, 4) is 0 Å². The molecule has 2 aromatic rings. The zero-order valence-electron chi connectivity index (χ0n) is 13.2. The fraction of sp³-hybridized carbons (Fsp3) is 0.235. The van der Waals surface area contributed by atoms with E-state index in [1.807, 2.05) is 12.1 Å². The van der Waals surface area contributed by atoms with Crippen molar-refractivity contribution >= 4 is 33.4 Å². The van der Waals surface area contributed by atoms with Gasteiger partial charge in [-0.25, -0.2) is 0 Å². The molecule has 1 heterocycles. The van der Waals surface area contributed by atoms with Gasteiger partial charge < -0.3 is 15.4 Å². The number of rotatable bonds is 7. The van der Waals surface area contributed by atoms with Crippen molar-refractivity contribution in [2.24, 2.45) is 0 Å². The van der Waals surface area contributed by atoms with Crippen LogP contribution in [0.4, 0.5) is 5.69 Å². The van der Waals surface area contributed by atoms with Crippen LogP contribution in [0, 0.1) is 0 Å². The summed E-state index contributed by atoms with van der Waals surface area (Å²) in [6, 6.07) is 10.3. The number of methoxy groups -OCH3 is 1. The van der Waals surface area contributed by atoms with Crippen LogP contribution in [0.1, 0.15) is 27.3 Å². The lowest BCUT2D eigenvalue weighted by Gasteiger charge is -2.07. The summed E-state index contributed by atoms with van der Waals surface area (Å²) in [6.07, 6.45) is 2.17. The molecule has 0 bridgehead atoms. The van der Waals surface area contributed by atoms with Crippen molar-refractivity contribution in [1.29, 1.82) is 0 Å². The van der Waals surface area contributed by atoms with E-state index in [9.17, 15) is 9.59 Å². The van der Waals surface area contributed by atoms with E-state index >= 15 is 0 Å². The normalized spacial score (nSPS) is 10.2. The highest BCUT2D eigenvalue weighted by atomic mass is 79.9. The van der Waals surface area contributed by atoms with E-state index in [1.165, 1.54) is 12.3 Å². The van der Waals surface area contributed by atoms with Gasteiger partial charge in [0.2, 0.25) is 0 Å². The van der Waals surface area contributed by atoms with E-state index in [0.717, 1.165) is 10.9 Å². The average molecular weight is 392 g/mol. The number of amides is 2. The van der Waals surface area contributed by atoms with Gasteiger partial charge in [0.25, 0.3) is 11.8 Å². The van der Waals surface area contributed by atoms with Crippen LogP contribution in [0.3, 0.4) is 0 Å². The van der Waals surface area contributed by atoms with Crippen LogP contribution < -0.4 is 10.6 Å². The van der Waals surface area contributed by atoms with E-state index in [0.29, 0.717) is 24.4 Å². The third kappa shape index (κ3) is 5.43. The summed E-state index contributed by atoms with van der Waals surface area (Å²) in [6.45, 7) is 1.09. The zero-order valence-corrected chi connectivity index (χ0v) is 14.8. The predicted octanol–water partition coefficient (Wildman–Crippen LogP) is 2.86. The van der Waals surface area contributed by atoms with Gasteiger partial charge in [0, 0.05) is 42.2 Å². The van der Waals surface area contributed by atoms with Crippen molar-refractivity contribution in [3.63, 3.8) is 0 Å². The Bertz CT molecular complexity index is 722. The van der Waals surface area contributed by atoms with Crippen LogP contribution in [0.15, 0.2) is 47.1 Å². The quantitative estimate of drug-likeness (QED) is 0.711. The molecule has 6 nitrogen and oxygen atoms in total. The van der Waals surface area contributed by atoms with Gasteiger partial charge in [0.1, 0.15) is 5.69 Å². The van der Waals surface area contributed by atoms with Crippen LogP contribution >= 0.6 is 15.9 Å². The lowest BCUT2D eigenvalue weighted by Crippen LogP contribution is -2.25. The Balaban J connectivity index is 2.01. The SMILES string of the molecule is COCCCNC(=O)c1ccnc(C(=O)Nc2cccc(Br)c2)c1. The summed E-state index contributed by atoms with van der Waals surface area (Å²) >= 11 is 3.35. The molecule has 24 heavy (non-hydrogen) atoms. The first-order valence-electron chi connectivity index (χ1n) is 7.40. The second kappa shape index (κ2) is 9.14. The maximum absolute atomic E-state index is 12.3. The third-order valence-corrected chi connectivity index (χ3v) is 3.64. The summed E-state index contributed by atoms with van der Waals surface area (Å²) in [5.41, 5.74) is 1.21. The molecular weight excluding hydrogens is 374 g/mol. The number of hydrogen-bond acceptors (Lipinski definition) is 4. The van der Waals surface area contributed by atoms with Gasteiger partial charge in [0.15, 0.2) is 0 Å². The molecule has 0 atom stereocenters. The highest BCUT2D eigenvalue weighted by molar-refractivity contribution is 9.10. The Morgan fingerprint density at radius 3 is 2.79 bits per heavy atom. The lowest BCUT2D eigenvalue weighted by molar-refractivity contribution is 0.0948. The lowest BCUT2D eigenvalue weighted by atomic mass is 10.2. The average Bonchev–Trinajstić information content (AvgIpc) is 2.58. The summed E-state index contributed by atoms with van der Waals surface area (Å²) in [4.78, 5) is 28.4. The second-order valence-corrected chi connectivity index (χ2v) is 5.91. The fourth-order valence-corrected chi connectivity index (χ4v) is 2.38. The van der Waals surface area contributed by atoms with Crippen molar-refractivity contribution in [2.75, 3.05) is 25.6 Å². The number of pyridine rings is 1.